The van der Waals surface area contributed by atoms with Crippen molar-refractivity contribution in [1.29, 1.82) is 0 Å². The fraction of sp³-hybridized carbons (Fsp3) is 0.235. The number of nitrogens with zero attached hydrogens (tertiary/aromatic N) is 2. The van der Waals surface area contributed by atoms with E-state index in [1.165, 1.54) is 12.3 Å². The van der Waals surface area contributed by atoms with Crippen LogP contribution in [0.3, 0.4) is 0 Å². The molecular weight excluding hydrogens is 366 g/mol. The van der Waals surface area contributed by atoms with E-state index in [0.717, 1.165) is 11.0 Å². The van der Waals surface area contributed by atoms with Crippen molar-refractivity contribution in [3.63, 3.8) is 0 Å². The SMILES string of the molecule is C[C@@H](NC(=O)CN1Cc2c(ccc(F)c2F)NC1=O)c1ccc(Cl)cn1. The van der Waals surface area contributed by atoms with Gasteiger partial charge >= 0.3 is 6.03 Å². The monoisotopic (exact) mass is 380 g/mol. The molecule has 0 saturated heterocycles. The molecule has 0 unspecified atom stereocenters. The number of aromatic nitrogens is 1. The Labute approximate surface area is 153 Å². The molecule has 9 heteroatoms. The minimum atomic E-state index is -1.04. The highest BCUT2D eigenvalue weighted by Crippen LogP contribution is 2.27. The van der Waals surface area contributed by atoms with Crippen molar-refractivity contribution in [3.8, 4) is 0 Å². The van der Waals surface area contributed by atoms with E-state index >= 15 is 0 Å². The third kappa shape index (κ3) is 3.75. The van der Waals surface area contributed by atoms with Crippen molar-refractivity contribution in [2.75, 3.05) is 11.9 Å². The van der Waals surface area contributed by atoms with Crippen molar-refractivity contribution >= 4 is 29.2 Å². The van der Waals surface area contributed by atoms with Crippen molar-refractivity contribution in [1.82, 2.24) is 15.2 Å². The van der Waals surface area contributed by atoms with E-state index < -0.39 is 29.6 Å². The Kier molecular flexibility index (Phi) is 5.03. The summed E-state index contributed by atoms with van der Waals surface area (Å²) in [5.74, 6) is -2.50. The van der Waals surface area contributed by atoms with Gasteiger partial charge < -0.3 is 15.5 Å². The Morgan fingerprint density at radius 2 is 2.15 bits per heavy atom. The van der Waals surface area contributed by atoms with Crippen LogP contribution >= 0.6 is 11.6 Å². The number of anilines is 1. The Morgan fingerprint density at radius 1 is 1.38 bits per heavy atom. The van der Waals surface area contributed by atoms with Gasteiger partial charge in [-0.25, -0.2) is 13.6 Å². The highest BCUT2D eigenvalue weighted by molar-refractivity contribution is 6.30. The van der Waals surface area contributed by atoms with Crippen molar-refractivity contribution in [3.05, 3.63) is 58.4 Å². The molecule has 6 nitrogen and oxygen atoms in total. The average molecular weight is 381 g/mol. The molecule has 0 aliphatic carbocycles. The van der Waals surface area contributed by atoms with Crippen LogP contribution in [-0.2, 0) is 11.3 Å². The fourth-order valence-electron chi connectivity index (χ4n) is 2.63. The first-order valence-electron chi connectivity index (χ1n) is 7.78. The summed E-state index contributed by atoms with van der Waals surface area (Å²) in [7, 11) is 0. The second-order valence-electron chi connectivity index (χ2n) is 5.86. The number of carbonyl (C=O) groups is 2. The normalized spacial score (nSPS) is 14.5. The molecular formula is C17H15ClF2N4O2. The summed E-state index contributed by atoms with van der Waals surface area (Å²) in [6, 6.07) is 4.59. The number of hydrogen-bond acceptors (Lipinski definition) is 3. The van der Waals surface area contributed by atoms with E-state index in [1.54, 1.807) is 19.1 Å². The minimum absolute atomic E-state index is 0.00446. The number of rotatable bonds is 4. The summed E-state index contributed by atoms with van der Waals surface area (Å²) >= 11 is 5.77. The standard InChI is InChI=1S/C17H15ClF2N4O2/c1-9(13-4-2-10(18)6-21-13)22-15(25)8-24-7-11-14(23-17(24)26)5-3-12(19)16(11)20/h2-6,9H,7-8H2,1H3,(H,22,25)(H,23,26)/t9-/m1/s1. The van der Waals surface area contributed by atoms with Crippen LogP contribution in [0.25, 0.3) is 0 Å². The third-order valence-electron chi connectivity index (χ3n) is 3.98. The summed E-state index contributed by atoms with van der Waals surface area (Å²) in [5.41, 5.74) is 0.804. The fourth-order valence-corrected chi connectivity index (χ4v) is 2.74. The molecule has 1 aromatic carbocycles. The molecule has 26 heavy (non-hydrogen) atoms. The number of urea groups is 1. The van der Waals surface area contributed by atoms with Crippen molar-refractivity contribution in [2.24, 2.45) is 0 Å². The molecule has 136 valence electrons. The van der Waals surface area contributed by atoms with Gasteiger partial charge in [-0.05, 0) is 31.2 Å². The lowest BCUT2D eigenvalue weighted by atomic mass is 10.1. The van der Waals surface area contributed by atoms with Crippen LogP contribution < -0.4 is 10.6 Å². The van der Waals surface area contributed by atoms with Gasteiger partial charge in [0.2, 0.25) is 5.91 Å². The number of hydrogen-bond donors (Lipinski definition) is 2. The predicted molar refractivity (Wildman–Crippen MR) is 91.6 cm³/mol. The summed E-state index contributed by atoms with van der Waals surface area (Å²) in [6.45, 7) is 1.22. The van der Waals surface area contributed by atoms with Crippen LogP contribution in [0.15, 0.2) is 30.5 Å². The maximum Gasteiger partial charge on any atom is 0.322 e. The van der Waals surface area contributed by atoms with Crippen molar-refractivity contribution < 1.29 is 18.4 Å². The van der Waals surface area contributed by atoms with Crippen LogP contribution in [0.2, 0.25) is 5.02 Å². The molecule has 1 aromatic heterocycles. The molecule has 1 aliphatic heterocycles. The third-order valence-corrected chi connectivity index (χ3v) is 4.20. The first-order chi connectivity index (χ1) is 12.3. The van der Waals surface area contributed by atoms with E-state index in [-0.39, 0.29) is 24.3 Å². The summed E-state index contributed by atoms with van der Waals surface area (Å²) in [6.07, 6.45) is 1.46. The van der Waals surface area contributed by atoms with E-state index in [4.69, 9.17) is 11.6 Å². The molecule has 0 fully saturated rings. The first-order valence-corrected chi connectivity index (χ1v) is 8.16. The Morgan fingerprint density at radius 3 is 2.85 bits per heavy atom. The number of benzene rings is 1. The largest absolute Gasteiger partial charge is 0.346 e. The lowest BCUT2D eigenvalue weighted by Gasteiger charge is -2.29. The highest BCUT2D eigenvalue weighted by atomic mass is 35.5. The highest BCUT2D eigenvalue weighted by Gasteiger charge is 2.28. The van der Waals surface area contributed by atoms with E-state index in [9.17, 15) is 18.4 Å². The molecule has 3 rings (SSSR count). The first kappa shape index (κ1) is 18.1. The van der Waals surface area contributed by atoms with Crippen LogP contribution in [0.4, 0.5) is 19.3 Å². The number of nitrogens with one attached hydrogen (secondary N) is 2. The van der Waals surface area contributed by atoms with Gasteiger partial charge in [-0.15, -0.1) is 0 Å². The number of pyridine rings is 1. The second-order valence-corrected chi connectivity index (χ2v) is 6.30. The number of fused-ring (bicyclic) bond motifs is 1. The molecule has 0 bridgehead atoms. The van der Waals surface area contributed by atoms with Crippen LogP contribution in [-0.4, -0.2) is 28.4 Å². The van der Waals surface area contributed by atoms with Gasteiger partial charge in [-0.3, -0.25) is 9.78 Å². The van der Waals surface area contributed by atoms with Crippen LogP contribution in [0.1, 0.15) is 24.2 Å². The molecule has 2 aromatic rings. The zero-order valence-electron chi connectivity index (χ0n) is 13.7. The zero-order valence-corrected chi connectivity index (χ0v) is 14.5. The lowest BCUT2D eigenvalue weighted by Crippen LogP contribution is -2.45. The van der Waals surface area contributed by atoms with E-state index in [2.05, 4.69) is 15.6 Å². The molecule has 0 spiro atoms. The Bertz CT molecular complexity index is 861. The van der Waals surface area contributed by atoms with E-state index in [0.29, 0.717) is 10.7 Å². The Hall–Kier alpha value is -2.74. The van der Waals surface area contributed by atoms with Gasteiger partial charge in [0.05, 0.1) is 29.0 Å². The predicted octanol–water partition coefficient (Wildman–Crippen LogP) is 3.24. The second kappa shape index (κ2) is 7.25. The van der Waals surface area contributed by atoms with E-state index in [1.807, 2.05) is 0 Å². The molecule has 3 amide bonds. The van der Waals surface area contributed by atoms with Crippen LogP contribution in [0, 0.1) is 11.6 Å². The van der Waals surface area contributed by atoms with Crippen LogP contribution in [0.5, 0.6) is 0 Å². The average Bonchev–Trinajstić information content (AvgIpc) is 2.60. The molecule has 0 radical (unpaired) electrons. The number of carbonyl (C=O) groups excluding carboxylic acids is 2. The zero-order chi connectivity index (χ0) is 18.8. The molecule has 2 N–H and O–H groups in total. The lowest BCUT2D eigenvalue weighted by molar-refractivity contribution is -0.122. The minimum Gasteiger partial charge on any atom is -0.346 e. The van der Waals surface area contributed by atoms with Gasteiger partial charge in [-0.1, -0.05) is 11.6 Å². The maximum absolute atomic E-state index is 13.9. The van der Waals surface area contributed by atoms with Gasteiger partial charge in [0.25, 0.3) is 0 Å². The summed E-state index contributed by atoms with van der Waals surface area (Å²) in [4.78, 5) is 29.5. The molecule has 2 heterocycles. The molecule has 1 aliphatic rings. The molecule has 1 atom stereocenters. The number of amides is 3. The smallest absolute Gasteiger partial charge is 0.322 e. The number of halogens is 3. The van der Waals surface area contributed by atoms with Crippen molar-refractivity contribution in [2.45, 2.75) is 19.5 Å². The van der Waals surface area contributed by atoms with Gasteiger partial charge in [0.1, 0.15) is 6.54 Å². The van der Waals surface area contributed by atoms with Gasteiger partial charge in [0.15, 0.2) is 11.6 Å². The van der Waals surface area contributed by atoms with Gasteiger partial charge in [0, 0.05) is 11.8 Å². The van der Waals surface area contributed by atoms with Gasteiger partial charge in [-0.2, -0.15) is 0 Å². The topological polar surface area (TPSA) is 74.3 Å². The quantitative estimate of drug-likeness (QED) is 0.855. The molecule has 0 saturated carbocycles. The Balaban J connectivity index is 1.66. The summed E-state index contributed by atoms with van der Waals surface area (Å²) in [5, 5.41) is 5.62. The summed E-state index contributed by atoms with van der Waals surface area (Å²) < 4.78 is 27.3. The maximum atomic E-state index is 13.9.